The number of hydrogen-bond acceptors (Lipinski definition) is 3. The van der Waals surface area contributed by atoms with Crippen molar-refractivity contribution in [2.75, 3.05) is 7.11 Å². The molecule has 0 saturated heterocycles. The summed E-state index contributed by atoms with van der Waals surface area (Å²) in [7, 11) is 1.28. The van der Waals surface area contributed by atoms with Gasteiger partial charge >= 0.3 is 12.0 Å². The van der Waals surface area contributed by atoms with Gasteiger partial charge in [0, 0.05) is 0 Å². The molecule has 0 unspecified atom stereocenters. The molecule has 5 heteroatoms. The second-order valence-electron chi connectivity index (χ2n) is 4.00. The highest BCUT2D eigenvalue weighted by Crippen LogP contribution is 2.10. The van der Waals surface area contributed by atoms with Crippen LogP contribution in [0.1, 0.15) is 25.5 Å². The minimum absolute atomic E-state index is 0.129. The van der Waals surface area contributed by atoms with Gasteiger partial charge in [-0.1, -0.05) is 30.3 Å². The summed E-state index contributed by atoms with van der Waals surface area (Å²) in [6.07, 6.45) is 0. The minimum Gasteiger partial charge on any atom is -0.467 e. The first kappa shape index (κ1) is 14.0. The SMILES string of the molecule is COC(=O)[C@H](C)NC(=O)N[C@H](C)c1ccccc1. The predicted molar refractivity (Wildman–Crippen MR) is 68.0 cm³/mol. The number of benzene rings is 1. The van der Waals surface area contributed by atoms with Crippen LogP contribution in [0.2, 0.25) is 0 Å². The van der Waals surface area contributed by atoms with Gasteiger partial charge < -0.3 is 15.4 Å². The summed E-state index contributed by atoms with van der Waals surface area (Å²) in [6, 6.07) is 8.38. The van der Waals surface area contributed by atoms with Gasteiger partial charge in [-0.15, -0.1) is 0 Å². The molecule has 0 aromatic heterocycles. The zero-order valence-electron chi connectivity index (χ0n) is 10.8. The second-order valence-corrected chi connectivity index (χ2v) is 4.00. The monoisotopic (exact) mass is 250 g/mol. The fourth-order valence-corrected chi connectivity index (χ4v) is 1.50. The molecule has 18 heavy (non-hydrogen) atoms. The lowest BCUT2D eigenvalue weighted by Gasteiger charge is -2.17. The van der Waals surface area contributed by atoms with Crippen LogP contribution in [0.15, 0.2) is 30.3 Å². The molecule has 5 nitrogen and oxygen atoms in total. The summed E-state index contributed by atoms with van der Waals surface area (Å²) in [5.41, 5.74) is 0.998. The summed E-state index contributed by atoms with van der Waals surface area (Å²) in [5, 5.41) is 5.25. The van der Waals surface area contributed by atoms with E-state index in [1.165, 1.54) is 7.11 Å². The molecule has 0 aliphatic carbocycles. The molecular formula is C13H18N2O3. The minimum atomic E-state index is -0.669. The van der Waals surface area contributed by atoms with E-state index in [4.69, 9.17) is 0 Å². The Kier molecular flexibility index (Phi) is 5.17. The van der Waals surface area contributed by atoms with Gasteiger partial charge in [-0.25, -0.2) is 9.59 Å². The van der Waals surface area contributed by atoms with Crippen LogP contribution in [0.25, 0.3) is 0 Å². The molecule has 2 amide bonds. The first-order chi connectivity index (χ1) is 8.54. The summed E-state index contributed by atoms with van der Waals surface area (Å²) < 4.78 is 4.52. The highest BCUT2D eigenvalue weighted by molar-refractivity contribution is 5.83. The Balaban J connectivity index is 2.48. The standard InChI is InChI=1S/C13H18N2O3/c1-9(11-7-5-4-6-8-11)14-13(17)15-10(2)12(16)18-3/h4-10H,1-3H3,(H2,14,15,17)/t9-,10+/m1/s1. The van der Waals surface area contributed by atoms with Crippen molar-refractivity contribution >= 4 is 12.0 Å². The van der Waals surface area contributed by atoms with E-state index in [1.807, 2.05) is 37.3 Å². The lowest BCUT2D eigenvalue weighted by Crippen LogP contribution is -2.45. The van der Waals surface area contributed by atoms with Gasteiger partial charge in [0.15, 0.2) is 0 Å². The summed E-state index contributed by atoms with van der Waals surface area (Å²) in [6.45, 7) is 3.44. The molecule has 0 aliphatic heterocycles. The maximum absolute atomic E-state index is 11.6. The lowest BCUT2D eigenvalue weighted by molar-refractivity contribution is -0.142. The smallest absolute Gasteiger partial charge is 0.328 e. The number of carbonyl (C=O) groups is 2. The number of esters is 1. The van der Waals surface area contributed by atoms with Crippen LogP contribution in [0.5, 0.6) is 0 Å². The van der Waals surface area contributed by atoms with Gasteiger partial charge in [0.1, 0.15) is 6.04 Å². The maximum Gasteiger partial charge on any atom is 0.328 e. The predicted octanol–water partition coefficient (Wildman–Crippen LogP) is 1.61. The second kappa shape index (κ2) is 6.64. The third-order valence-corrected chi connectivity index (χ3v) is 2.55. The molecule has 0 saturated carbocycles. The number of hydrogen-bond donors (Lipinski definition) is 2. The summed E-state index contributed by atoms with van der Waals surface area (Å²) in [5.74, 6) is -0.475. The Labute approximate surface area is 107 Å². The van der Waals surface area contributed by atoms with Crippen LogP contribution in [-0.2, 0) is 9.53 Å². The quantitative estimate of drug-likeness (QED) is 0.798. The first-order valence-corrected chi connectivity index (χ1v) is 5.74. The highest BCUT2D eigenvalue weighted by atomic mass is 16.5. The van der Waals surface area contributed by atoms with Crippen molar-refractivity contribution < 1.29 is 14.3 Å². The maximum atomic E-state index is 11.6. The van der Waals surface area contributed by atoms with Crippen molar-refractivity contribution in [1.82, 2.24) is 10.6 Å². The zero-order valence-corrected chi connectivity index (χ0v) is 10.8. The number of urea groups is 1. The normalized spacial score (nSPS) is 13.3. The molecule has 0 radical (unpaired) electrons. The van der Waals surface area contributed by atoms with Gasteiger partial charge in [-0.05, 0) is 19.4 Å². The number of nitrogens with one attached hydrogen (secondary N) is 2. The third kappa shape index (κ3) is 4.08. The molecule has 0 bridgehead atoms. The van der Waals surface area contributed by atoms with E-state index in [0.29, 0.717) is 0 Å². The van der Waals surface area contributed by atoms with Crippen LogP contribution < -0.4 is 10.6 Å². The Hall–Kier alpha value is -2.04. The van der Waals surface area contributed by atoms with Crippen molar-refractivity contribution in [2.45, 2.75) is 25.9 Å². The Bertz CT molecular complexity index is 406. The Morgan fingerprint density at radius 2 is 1.72 bits per heavy atom. The fourth-order valence-electron chi connectivity index (χ4n) is 1.50. The van der Waals surface area contributed by atoms with Gasteiger partial charge in [-0.2, -0.15) is 0 Å². The first-order valence-electron chi connectivity index (χ1n) is 5.74. The van der Waals surface area contributed by atoms with Gasteiger partial charge in [-0.3, -0.25) is 0 Å². The molecule has 0 aliphatic rings. The van der Waals surface area contributed by atoms with Crippen LogP contribution in [0.3, 0.4) is 0 Å². The van der Waals surface area contributed by atoms with Crippen molar-refractivity contribution in [2.24, 2.45) is 0 Å². The molecule has 1 aromatic carbocycles. The Morgan fingerprint density at radius 1 is 1.11 bits per heavy atom. The number of rotatable bonds is 4. The summed E-state index contributed by atoms with van der Waals surface area (Å²) >= 11 is 0. The fraction of sp³-hybridized carbons (Fsp3) is 0.385. The van der Waals surface area contributed by atoms with E-state index in [9.17, 15) is 9.59 Å². The van der Waals surface area contributed by atoms with Gasteiger partial charge in [0.25, 0.3) is 0 Å². The van der Waals surface area contributed by atoms with Crippen LogP contribution in [0, 0.1) is 0 Å². The molecule has 1 rings (SSSR count). The molecule has 0 fully saturated rings. The largest absolute Gasteiger partial charge is 0.467 e. The van der Waals surface area contributed by atoms with Crippen LogP contribution in [-0.4, -0.2) is 25.2 Å². The highest BCUT2D eigenvalue weighted by Gasteiger charge is 2.17. The van der Waals surface area contributed by atoms with E-state index < -0.39 is 18.0 Å². The molecular weight excluding hydrogens is 232 g/mol. The topological polar surface area (TPSA) is 67.4 Å². The molecule has 2 N–H and O–H groups in total. The van der Waals surface area contributed by atoms with E-state index >= 15 is 0 Å². The van der Waals surface area contributed by atoms with Crippen LogP contribution in [0.4, 0.5) is 4.79 Å². The van der Waals surface area contributed by atoms with Crippen molar-refractivity contribution in [3.63, 3.8) is 0 Å². The Morgan fingerprint density at radius 3 is 2.28 bits per heavy atom. The molecule has 98 valence electrons. The van der Waals surface area contributed by atoms with Gasteiger partial charge in [0.2, 0.25) is 0 Å². The number of methoxy groups -OCH3 is 1. The van der Waals surface area contributed by atoms with E-state index in [1.54, 1.807) is 6.92 Å². The molecule has 0 heterocycles. The number of carbonyl (C=O) groups excluding carboxylic acids is 2. The van der Waals surface area contributed by atoms with Crippen molar-refractivity contribution in [3.05, 3.63) is 35.9 Å². The summed E-state index contributed by atoms with van der Waals surface area (Å²) in [4.78, 5) is 22.8. The van der Waals surface area contributed by atoms with E-state index in [-0.39, 0.29) is 6.04 Å². The average Bonchev–Trinajstić information content (AvgIpc) is 2.38. The van der Waals surface area contributed by atoms with Gasteiger partial charge in [0.05, 0.1) is 13.2 Å². The van der Waals surface area contributed by atoms with E-state index in [0.717, 1.165) is 5.56 Å². The number of amides is 2. The van der Waals surface area contributed by atoms with Crippen LogP contribution >= 0.6 is 0 Å². The molecule has 0 spiro atoms. The molecule has 1 aromatic rings. The third-order valence-electron chi connectivity index (χ3n) is 2.55. The lowest BCUT2D eigenvalue weighted by atomic mass is 10.1. The van der Waals surface area contributed by atoms with Crippen molar-refractivity contribution in [3.8, 4) is 0 Å². The van der Waals surface area contributed by atoms with Crippen molar-refractivity contribution in [1.29, 1.82) is 0 Å². The number of ether oxygens (including phenoxy) is 1. The zero-order chi connectivity index (χ0) is 13.5. The average molecular weight is 250 g/mol. The van der Waals surface area contributed by atoms with E-state index in [2.05, 4.69) is 15.4 Å². The molecule has 2 atom stereocenters.